The molecule has 9 rings (SSSR count). The summed E-state index contributed by atoms with van der Waals surface area (Å²) >= 11 is 0. The van der Waals surface area contributed by atoms with Crippen molar-refractivity contribution in [2.75, 3.05) is 13.2 Å². The average molecular weight is 882 g/mol. The molecule has 3 aliphatic carbocycles. The van der Waals surface area contributed by atoms with Crippen LogP contribution >= 0.6 is 0 Å². The third kappa shape index (κ3) is 8.60. The maximum atomic E-state index is 15.0. The lowest BCUT2D eigenvalue weighted by molar-refractivity contribution is -0.224. The molecular weight excluding hydrogens is 811 g/mol. The fourth-order valence-electron chi connectivity index (χ4n) is 12.5. The number of carbonyl (C=O) groups excluding carboxylic acids is 3. The van der Waals surface area contributed by atoms with Crippen molar-refractivity contribution in [1.82, 2.24) is 15.7 Å². The maximum absolute atomic E-state index is 15.0. The minimum atomic E-state index is -1.32. The van der Waals surface area contributed by atoms with Gasteiger partial charge in [-0.25, -0.2) is 0 Å². The Morgan fingerprint density at radius 1 is 0.891 bits per heavy atom. The quantitative estimate of drug-likeness (QED) is 0.0813. The Morgan fingerprint density at radius 2 is 1.64 bits per heavy atom. The average Bonchev–Trinajstić information content (AvgIpc) is 3.56. The van der Waals surface area contributed by atoms with Crippen molar-refractivity contribution < 1.29 is 43.3 Å². The summed E-state index contributed by atoms with van der Waals surface area (Å²) in [6, 6.07) is 14.6. The second-order valence-electron chi connectivity index (χ2n) is 20.9. The number of fused-ring (bicyclic) bond motifs is 6. The number of carbonyl (C=O) groups is 3. The number of epoxide rings is 1. The zero-order chi connectivity index (χ0) is 44.9. The Kier molecular flexibility index (Phi) is 12.9. The Hall–Kier alpha value is -3.65. The number of allylic oxidation sites excluding steroid dienone is 1. The van der Waals surface area contributed by atoms with Gasteiger partial charge in [-0.1, -0.05) is 101 Å². The molecule has 4 heterocycles. The van der Waals surface area contributed by atoms with Crippen LogP contribution in [-0.4, -0.2) is 89.1 Å². The van der Waals surface area contributed by atoms with E-state index in [-0.39, 0.29) is 50.1 Å². The Balaban J connectivity index is 0.983. The third-order valence-corrected chi connectivity index (χ3v) is 16.1. The standard InChI is InChI=1S/C52H71N3O9/c1-6-8-10-22-51(23-11-9-7-2)62-42-40-30-52(48(59)54-31-35-13-12-14-37(28-35)46(57)53-25-26-56)44(47(58)60-40)55(64-45(52)43(42)63-51)32-34-17-15-33(16-18-34)27-36-19-20-41-50(5,61-41)24-21-39-38(36)29-49(39,3)4/h12-18,27-28,38-45,56H,6-11,19-26,29-32H2,1-5H3,(H,53,57)(H,54,59)/t38-,39-,40?,41?,42+,43+,44+,45-,50-,52?/m1/s1. The van der Waals surface area contributed by atoms with Crippen molar-refractivity contribution in [3.05, 3.63) is 76.4 Å². The smallest absolute Gasteiger partial charge is 0.327 e. The van der Waals surface area contributed by atoms with E-state index in [0.29, 0.717) is 28.9 Å². The summed E-state index contributed by atoms with van der Waals surface area (Å²) in [5.74, 6) is -0.716. The molecule has 0 aromatic heterocycles. The van der Waals surface area contributed by atoms with Crippen molar-refractivity contribution >= 4 is 23.9 Å². The van der Waals surface area contributed by atoms with Crippen LogP contribution in [0, 0.1) is 22.7 Å². The highest BCUT2D eigenvalue weighted by Crippen LogP contribution is 2.61. The van der Waals surface area contributed by atoms with Gasteiger partial charge >= 0.3 is 5.97 Å². The predicted octanol–water partition coefficient (Wildman–Crippen LogP) is 7.94. The second kappa shape index (κ2) is 18.2. The Bertz CT molecular complexity index is 2060. The molecule has 3 N–H and O–H groups in total. The number of nitrogens with zero attached hydrogens (tertiary/aromatic N) is 1. The number of hydroxylamine groups is 2. The summed E-state index contributed by atoms with van der Waals surface area (Å²) in [5, 5.41) is 16.7. The molecule has 12 nitrogen and oxygen atoms in total. The molecule has 64 heavy (non-hydrogen) atoms. The number of aliphatic hydroxyl groups excluding tert-OH is 1. The first-order chi connectivity index (χ1) is 30.8. The van der Waals surface area contributed by atoms with E-state index in [0.717, 1.165) is 87.3 Å². The maximum Gasteiger partial charge on any atom is 0.327 e. The molecule has 0 radical (unpaired) electrons. The number of rotatable bonds is 17. The normalized spacial score (nSPS) is 34.8. The predicted molar refractivity (Wildman–Crippen MR) is 241 cm³/mol. The lowest BCUT2D eigenvalue weighted by Crippen LogP contribution is -2.69. The molecule has 12 heteroatoms. The Labute approximate surface area is 379 Å². The summed E-state index contributed by atoms with van der Waals surface area (Å²) in [4.78, 5) is 49.1. The molecule has 7 fully saturated rings. The van der Waals surface area contributed by atoms with Gasteiger partial charge in [-0.05, 0) is 97.9 Å². The summed E-state index contributed by atoms with van der Waals surface area (Å²) in [5.41, 5.74) is 3.85. The molecule has 2 amide bonds. The van der Waals surface area contributed by atoms with E-state index < -0.39 is 47.6 Å². The molecule has 4 aliphatic heterocycles. The Morgan fingerprint density at radius 3 is 2.36 bits per heavy atom. The number of esters is 1. The topological polar surface area (TPSA) is 148 Å². The zero-order valence-electron chi connectivity index (χ0n) is 38.7. The molecule has 0 spiro atoms. The first-order valence-corrected chi connectivity index (χ1v) is 24.5. The number of benzene rings is 2. The van der Waals surface area contributed by atoms with Gasteiger partial charge in [-0.3, -0.25) is 19.2 Å². The van der Waals surface area contributed by atoms with Crippen LogP contribution in [0.4, 0.5) is 0 Å². The van der Waals surface area contributed by atoms with E-state index in [9.17, 15) is 14.7 Å². The molecule has 7 aliphatic rings. The van der Waals surface area contributed by atoms with Crippen molar-refractivity contribution in [1.29, 1.82) is 0 Å². The minimum Gasteiger partial charge on any atom is -0.458 e. The van der Waals surface area contributed by atoms with Crippen molar-refractivity contribution in [2.24, 2.45) is 22.7 Å². The van der Waals surface area contributed by atoms with Crippen LogP contribution in [0.15, 0.2) is 54.1 Å². The molecule has 2 aromatic rings. The number of aliphatic hydroxyl groups is 1. The van der Waals surface area contributed by atoms with Crippen LogP contribution in [0.3, 0.4) is 0 Å². The number of unbranched alkanes of at least 4 members (excludes halogenated alkanes) is 4. The third-order valence-electron chi connectivity index (χ3n) is 16.1. The van der Waals surface area contributed by atoms with Crippen LogP contribution in [0.5, 0.6) is 0 Å². The van der Waals surface area contributed by atoms with Crippen LogP contribution < -0.4 is 10.6 Å². The SMILES string of the molecule is CCCCCC1(CCCCC)O[C@@H]2[C@H]3ON(Cc4ccc(C=C5CCC6O[C@]6(C)CC[C@@H]6[C@@H]5CC6(C)C)cc4)[C@H]4C(=O)OC(CC34C(=O)NCc3cccc(C(=O)NCCO)c3)[C@@H]2O1. The molecule has 4 saturated heterocycles. The van der Waals surface area contributed by atoms with E-state index in [2.05, 4.69) is 75.6 Å². The highest BCUT2D eigenvalue weighted by molar-refractivity contribution is 5.95. The van der Waals surface area contributed by atoms with Gasteiger partial charge in [0.05, 0.1) is 24.9 Å². The lowest BCUT2D eigenvalue weighted by Gasteiger charge is -2.53. The first-order valence-electron chi connectivity index (χ1n) is 24.5. The number of hydrogen-bond acceptors (Lipinski definition) is 10. The number of hydrogen-bond donors (Lipinski definition) is 3. The number of ether oxygens (including phenoxy) is 4. The van der Waals surface area contributed by atoms with Gasteiger partial charge in [0.1, 0.15) is 29.8 Å². The highest BCUT2D eigenvalue weighted by Gasteiger charge is 2.76. The summed E-state index contributed by atoms with van der Waals surface area (Å²) in [7, 11) is 0. The summed E-state index contributed by atoms with van der Waals surface area (Å²) in [6.45, 7) is 11.9. The second-order valence-corrected chi connectivity index (χ2v) is 20.9. The van der Waals surface area contributed by atoms with E-state index in [1.165, 1.54) is 18.4 Å². The van der Waals surface area contributed by atoms with E-state index in [4.69, 9.17) is 23.8 Å². The van der Waals surface area contributed by atoms with Crippen LogP contribution in [0.1, 0.15) is 152 Å². The van der Waals surface area contributed by atoms with Gasteiger partial charge in [0.25, 0.3) is 5.91 Å². The van der Waals surface area contributed by atoms with E-state index in [1.807, 2.05) is 6.07 Å². The fraction of sp³-hybridized carbons (Fsp3) is 0.673. The van der Waals surface area contributed by atoms with Crippen LogP contribution in [0.2, 0.25) is 0 Å². The van der Waals surface area contributed by atoms with Gasteiger partial charge in [0, 0.05) is 37.9 Å². The zero-order valence-corrected chi connectivity index (χ0v) is 38.7. The van der Waals surface area contributed by atoms with E-state index >= 15 is 4.79 Å². The highest BCUT2D eigenvalue weighted by atomic mass is 16.8. The van der Waals surface area contributed by atoms with Gasteiger partial charge in [-0.15, -0.1) is 0 Å². The largest absolute Gasteiger partial charge is 0.458 e. The summed E-state index contributed by atoms with van der Waals surface area (Å²) in [6.07, 6.45) is 13.5. The first kappa shape index (κ1) is 45.5. The molecule has 2 aromatic carbocycles. The minimum absolute atomic E-state index is 0.0459. The molecular formula is C52H71N3O9. The number of amides is 2. The monoisotopic (exact) mass is 882 g/mol. The van der Waals surface area contributed by atoms with Crippen molar-refractivity contribution in [2.45, 2.75) is 186 Å². The number of nitrogens with one attached hydrogen (secondary N) is 2. The van der Waals surface area contributed by atoms with Crippen molar-refractivity contribution in [3.8, 4) is 0 Å². The van der Waals surface area contributed by atoms with Crippen LogP contribution in [-0.2, 0) is 46.5 Å². The molecule has 2 bridgehead atoms. The molecule has 10 atom stereocenters. The van der Waals surface area contributed by atoms with Gasteiger partial charge < -0.3 is 34.7 Å². The van der Waals surface area contributed by atoms with Crippen LogP contribution in [0.25, 0.3) is 6.08 Å². The molecule has 348 valence electrons. The van der Waals surface area contributed by atoms with Gasteiger partial charge in [0.15, 0.2) is 11.8 Å². The van der Waals surface area contributed by atoms with Gasteiger partial charge in [-0.2, -0.15) is 5.06 Å². The van der Waals surface area contributed by atoms with Gasteiger partial charge in [0.2, 0.25) is 5.91 Å². The van der Waals surface area contributed by atoms with E-state index in [1.54, 1.807) is 23.3 Å². The fourth-order valence-corrected chi connectivity index (χ4v) is 12.5. The molecule has 3 unspecified atom stereocenters. The summed E-state index contributed by atoms with van der Waals surface area (Å²) < 4.78 is 26.5. The molecule has 3 saturated carbocycles. The van der Waals surface area contributed by atoms with Crippen molar-refractivity contribution in [3.63, 3.8) is 0 Å². The lowest BCUT2D eigenvalue weighted by atomic mass is 9.52.